The fourth-order valence-corrected chi connectivity index (χ4v) is 3.97. The maximum Gasteiger partial charge on any atom is 0.221 e. The Morgan fingerprint density at radius 1 is 1.04 bits per heavy atom. The van der Waals surface area contributed by atoms with Crippen LogP contribution >= 0.6 is 34.4 Å². The molecule has 0 aromatic heterocycles. The summed E-state index contributed by atoms with van der Waals surface area (Å²) in [5, 5.41) is 3.12. The van der Waals surface area contributed by atoms with Crippen LogP contribution in [0.3, 0.4) is 0 Å². The van der Waals surface area contributed by atoms with Gasteiger partial charge in [-0.25, -0.2) is 4.39 Å². The van der Waals surface area contributed by atoms with E-state index in [0.717, 1.165) is 20.4 Å². The van der Waals surface area contributed by atoms with Crippen molar-refractivity contribution in [3.05, 3.63) is 92.8 Å². The van der Waals surface area contributed by atoms with Gasteiger partial charge in [0.2, 0.25) is 5.12 Å². The van der Waals surface area contributed by atoms with Crippen molar-refractivity contribution in [3.8, 4) is 0 Å². The molecule has 3 rings (SSSR count). The minimum atomic E-state index is -0.418. The molecule has 3 aromatic rings. The fourth-order valence-electron chi connectivity index (χ4n) is 2.51. The summed E-state index contributed by atoms with van der Waals surface area (Å²) in [5.41, 5.74) is 3.99. The number of halogens is 2. The van der Waals surface area contributed by atoms with Crippen molar-refractivity contribution in [2.24, 2.45) is 0 Å². The van der Waals surface area contributed by atoms with Crippen LogP contribution in [0.4, 0.5) is 15.8 Å². The van der Waals surface area contributed by atoms with Gasteiger partial charge in [0.1, 0.15) is 5.82 Å². The van der Waals surface area contributed by atoms with Gasteiger partial charge in [-0.1, -0.05) is 42.1 Å². The van der Waals surface area contributed by atoms with Crippen molar-refractivity contribution in [3.63, 3.8) is 0 Å². The molecule has 0 unspecified atom stereocenters. The van der Waals surface area contributed by atoms with Crippen molar-refractivity contribution in [1.82, 2.24) is 0 Å². The summed E-state index contributed by atoms with van der Waals surface area (Å²) >= 11 is 3.43. The third-order valence-electron chi connectivity index (χ3n) is 3.87. The Hall–Kier alpha value is -1.86. The van der Waals surface area contributed by atoms with E-state index in [2.05, 4.69) is 34.0 Å². The first-order valence-corrected chi connectivity index (χ1v) is 10.1. The summed E-state index contributed by atoms with van der Waals surface area (Å²) < 4.78 is 14.9. The van der Waals surface area contributed by atoms with Gasteiger partial charge >= 0.3 is 0 Å². The van der Waals surface area contributed by atoms with Gasteiger partial charge in [0.15, 0.2) is 0 Å². The summed E-state index contributed by atoms with van der Waals surface area (Å²) in [4.78, 5) is 12.7. The molecule has 0 heterocycles. The normalized spacial score (nSPS) is 10.6. The maximum atomic E-state index is 13.8. The maximum absolute atomic E-state index is 13.8. The number of nitrogens with one attached hydrogen (secondary N) is 1. The third-order valence-corrected chi connectivity index (χ3v) is 5.50. The van der Waals surface area contributed by atoms with Gasteiger partial charge in [-0.2, -0.15) is 0 Å². The molecule has 26 heavy (non-hydrogen) atoms. The van der Waals surface area contributed by atoms with E-state index in [0.29, 0.717) is 17.0 Å². The monoisotopic (exact) mass is 477 g/mol. The summed E-state index contributed by atoms with van der Waals surface area (Å²) in [6, 6.07) is 20.0. The van der Waals surface area contributed by atoms with Gasteiger partial charge in [-0.15, -0.1) is 0 Å². The van der Waals surface area contributed by atoms with Crippen molar-refractivity contribution in [2.45, 2.75) is 12.7 Å². The van der Waals surface area contributed by atoms with Gasteiger partial charge in [-0.3, -0.25) is 4.79 Å². The van der Waals surface area contributed by atoms with Crippen LogP contribution in [-0.2, 0) is 5.75 Å². The van der Waals surface area contributed by atoms with Crippen molar-refractivity contribution >= 4 is 50.8 Å². The number of carbonyl (C=O) groups is 1. The number of benzene rings is 3. The molecule has 0 aliphatic heterocycles. The molecule has 0 saturated heterocycles. The molecule has 3 aromatic carbocycles. The molecular formula is C21H17FINOS. The minimum Gasteiger partial charge on any atom is -0.355 e. The van der Waals surface area contributed by atoms with Crippen LogP contribution in [0.15, 0.2) is 66.7 Å². The smallest absolute Gasteiger partial charge is 0.221 e. The van der Waals surface area contributed by atoms with E-state index >= 15 is 0 Å². The zero-order chi connectivity index (χ0) is 18.5. The number of hydrogen-bond acceptors (Lipinski definition) is 3. The zero-order valence-electron chi connectivity index (χ0n) is 14.1. The molecule has 0 radical (unpaired) electrons. The van der Waals surface area contributed by atoms with E-state index in [1.807, 2.05) is 49.4 Å². The Morgan fingerprint density at radius 3 is 2.50 bits per heavy atom. The van der Waals surface area contributed by atoms with Gasteiger partial charge in [-0.05, 0) is 77.0 Å². The Morgan fingerprint density at radius 2 is 1.77 bits per heavy atom. The highest BCUT2D eigenvalue weighted by Gasteiger charge is 2.14. The largest absolute Gasteiger partial charge is 0.355 e. The third kappa shape index (κ3) is 4.86. The summed E-state index contributed by atoms with van der Waals surface area (Å²) in [7, 11) is 0. The molecule has 1 N–H and O–H groups in total. The van der Waals surface area contributed by atoms with Crippen LogP contribution in [0.5, 0.6) is 0 Å². The number of anilines is 2. The lowest BCUT2D eigenvalue weighted by Crippen LogP contribution is -2.03. The van der Waals surface area contributed by atoms with Crippen LogP contribution < -0.4 is 5.32 Å². The van der Waals surface area contributed by atoms with E-state index in [4.69, 9.17) is 0 Å². The van der Waals surface area contributed by atoms with E-state index in [9.17, 15) is 9.18 Å². The number of rotatable bonds is 5. The summed E-state index contributed by atoms with van der Waals surface area (Å²) in [6.45, 7) is 2.00. The second-order valence-corrected chi connectivity index (χ2v) is 8.03. The molecular weight excluding hydrogens is 460 g/mol. The standard InChI is InChI=1S/C21H17FINOS/c1-14-11-17(23)8-10-19(14)24-20-9-7-16(22)12-18(20)21(25)26-13-15-5-3-2-4-6-15/h2-12,24H,13H2,1H3. The van der Waals surface area contributed by atoms with Crippen molar-refractivity contribution in [2.75, 3.05) is 5.32 Å². The molecule has 2 nitrogen and oxygen atoms in total. The molecule has 0 saturated carbocycles. The molecule has 132 valence electrons. The van der Waals surface area contributed by atoms with Gasteiger partial charge in [0.05, 0.1) is 11.3 Å². The van der Waals surface area contributed by atoms with Crippen LogP contribution in [0.1, 0.15) is 21.5 Å². The first-order valence-electron chi connectivity index (χ1n) is 8.07. The molecule has 5 heteroatoms. The lowest BCUT2D eigenvalue weighted by atomic mass is 10.1. The Bertz CT molecular complexity index is 931. The van der Waals surface area contributed by atoms with E-state index in [1.54, 1.807) is 6.07 Å². The average molecular weight is 477 g/mol. The molecule has 0 bridgehead atoms. The SMILES string of the molecule is Cc1cc(I)ccc1Nc1ccc(F)cc1C(=O)SCc1ccccc1. The quantitative estimate of drug-likeness (QED) is 0.423. The van der Waals surface area contributed by atoms with Gasteiger partial charge < -0.3 is 5.32 Å². The fraction of sp³-hybridized carbons (Fsp3) is 0.0952. The lowest BCUT2D eigenvalue weighted by molar-refractivity contribution is 0.108. The topological polar surface area (TPSA) is 29.1 Å². The van der Waals surface area contributed by atoms with E-state index in [-0.39, 0.29) is 5.12 Å². The Balaban J connectivity index is 1.82. The lowest BCUT2D eigenvalue weighted by Gasteiger charge is -2.14. The van der Waals surface area contributed by atoms with E-state index in [1.165, 1.54) is 23.9 Å². The Kier molecular flexibility index (Phi) is 6.32. The minimum absolute atomic E-state index is 0.154. The predicted octanol–water partition coefficient (Wildman–Crippen LogP) is 6.56. The van der Waals surface area contributed by atoms with Crippen LogP contribution in [0.25, 0.3) is 0 Å². The zero-order valence-corrected chi connectivity index (χ0v) is 17.1. The first kappa shape index (κ1) is 18.9. The second kappa shape index (κ2) is 8.68. The predicted molar refractivity (Wildman–Crippen MR) is 116 cm³/mol. The molecule has 0 aliphatic carbocycles. The number of carbonyl (C=O) groups excluding carboxylic acids is 1. The number of hydrogen-bond donors (Lipinski definition) is 1. The highest BCUT2D eigenvalue weighted by molar-refractivity contribution is 14.1. The molecule has 0 atom stereocenters. The van der Waals surface area contributed by atoms with E-state index < -0.39 is 5.82 Å². The molecule has 0 spiro atoms. The Labute approximate surface area is 170 Å². The molecule has 0 fully saturated rings. The summed E-state index contributed by atoms with van der Waals surface area (Å²) in [5.74, 6) is 0.136. The number of thioether (sulfide) groups is 1. The van der Waals surface area contributed by atoms with Crippen molar-refractivity contribution < 1.29 is 9.18 Å². The van der Waals surface area contributed by atoms with Gasteiger partial charge in [0.25, 0.3) is 0 Å². The van der Waals surface area contributed by atoms with Gasteiger partial charge in [0, 0.05) is 15.0 Å². The van der Waals surface area contributed by atoms with Crippen LogP contribution in [0, 0.1) is 16.3 Å². The number of aryl methyl sites for hydroxylation is 1. The van der Waals surface area contributed by atoms with Crippen molar-refractivity contribution in [1.29, 1.82) is 0 Å². The van der Waals surface area contributed by atoms with Crippen LogP contribution in [0.2, 0.25) is 0 Å². The molecule has 0 amide bonds. The average Bonchev–Trinajstić information content (AvgIpc) is 2.64. The highest BCUT2D eigenvalue weighted by atomic mass is 127. The second-order valence-electron chi connectivity index (χ2n) is 5.84. The molecule has 0 aliphatic rings. The summed E-state index contributed by atoms with van der Waals surface area (Å²) in [6.07, 6.45) is 0. The highest BCUT2D eigenvalue weighted by Crippen LogP contribution is 2.29. The first-order chi connectivity index (χ1) is 12.5. The van der Waals surface area contributed by atoms with Crippen LogP contribution in [-0.4, -0.2) is 5.12 Å².